The molecule has 0 amide bonds. The Labute approximate surface area is 139 Å². The molecular formula is C20H27N3. The summed E-state index contributed by atoms with van der Waals surface area (Å²) >= 11 is 0. The number of hydrogen-bond acceptors (Lipinski definition) is 3. The molecule has 3 heteroatoms. The fourth-order valence-electron chi connectivity index (χ4n) is 5.79. The van der Waals surface area contributed by atoms with Crippen LogP contribution in [0.1, 0.15) is 69.5 Å². The molecule has 0 saturated heterocycles. The lowest BCUT2D eigenvalue weighted by Crippen LogP contribution is -2.49. The van der Waals surface area contributed by atoms with Crippen molar-refractivity contribution >= 4 is 5.82 Å². The van der Waals surface area contributed by atoms with E-state index in [1.54, 1.807) is 0 Å². The zero-order valence-corrected chi connectivity index (χ0v) is 14.1. The monoisotopic (exact) mass is 309 g/mol. The summed E-state index contributed by atoms with van der Waals surface area (Å²) in [5.74, 6) is 3.59. The molecular weight excluding hydrogens is 282 g/mol. The van der Waals surface area contributed by atoms with Crippen molar-refractivity contribution < 1.29 is 0 Å². The number of unbranched alkanes of at least 4 members (excludes halogenated alkanes) is 1. The van der Waals surface area contributed by atoms with Gasteiger partial charge in [-0.2, -0.15) is 5.26 Å². The fourth-order valence-corrected chi connectivity index (χ4v) is 5.79. The summed E-state index contributed by atoms with van der Waals surface area (Å²) in [6.07, 6.45) is 10.6. The Kier molecular flexibility index (Phi) is 3.79. The number of nitriles is 1. The molecule has 1 heterocycles. The van der Waals surface area contributed by atoms with Gasteiger partial charge in [-0.05, 0) is 74.8 Å². The van der Waals surface area contributed by atoms with E-state index in [4.69, 9.17) is 4.98 Å². The third kappa shape index (κ3) is 2.63. The molecule has 3 nitrogen and oxygen atoms in total. The Morgan fingerprint density at radius 3 is 2.39 bits per heavy atom. The molecule has 0 aromatic carbocycles. The van der Waals surface area contributed by atoms with Crippen molar-refractivity contribution in [3.05, 3.63) is 23.4 Å². The van der Waals surface area contributed by atoms with Gasteiger partial charge in [0.05, 0.1) is 5.56 Å². The Hall–Kier alpha value is -1.56. The Morgan fingerprint density at radius 2 is 1.83 bits per heavy atom. The molecule has 23 heavy (non-hydrogen) atoms. The van der Waals surface area contributed by atoms with Gasteiger partial charge in [-0.3, -0.25) is 0 Å². The van der Waals surface area contributed by atoms with Crippen LogP contribution in [-0.4, -0.2) is 11.5 Å². The quantitative estimate of drug-likeness (QED) is 0.806. The van der Waals surface area contributed by atoms with Gasteiger partial charge in [-0.25, -0.2) is 4.98 Å². The normalized spacial score (nSPS) is 34.3. The lowest BCUT2D eigenvalue weighted by molar-refractivity contribution is -0.00714. The minimum Gasteiger partial charge on any atom is -0.369 e. The van der Waals surface area contributed by atoms with E-state index in [-0.39, 0.29) is 0 Å². The highest BCUT2D eigenvalue weighted by Crippen LogP contribution is 2.60. The van der Waals surface area contributed by atoms with Crippen LogP contribution in [-0.2, 0) is 5.41 Å². The van der Waals surface area contributed by atoms with Gasteiger partial charge in [0.25, 0.3) is 0 Å². The molecule has 5 rings (SSSR count). The molecule has 4 aliphatic rings. The Balaban J connectivity index is 1.64. The van der Waals surface area contributed by atoms with Crippen molar-refractivity contribution in [2.75, 3.05) is 11.9 Å². The molecule has 0 spiro atoms. The molecule has 0 aliphatic heterocycles. The minimum atomic E-state index is 0.309. The summed E-state index contributed by atoms with van der Waals surface area (Å²) in [5, 5.41) is 12.8. The van der Waals surface area contributed by atoms with Crippen LogP contribution in [0.3, 0.4) is 0 Å². The highest BCUT2D eigenvalue weighted by Gasteiger charge is 2.52. The van der Waals surface area contributed by atoms with E-state index in [2.05, 4.69) is 24.4 Å². The summed E-state index contributed by atoms with van der Waals surface area (Å²) in [5.41, 5.74) is 2.26. The molecule has 4 saturated carbocycles. The van der Waals surface area contributed by atoms with Crippen LogP contribution in [0.5, 0.6) is 0 Å². The summed E-state index contributed by atoms with van der Waals surface area (Å²) in [6.45, 7) is 3.09. The van der Waals surface area contributed by atoms with Crippen molar-refractivity contribution in [2.45, 2.75) is 63.7 Å². The third-order valence-electron chi connectivity index (χ3n) is 6.42. The average molecular weight is 309 g/mol. The van der Waals surface area contributed by atoms with Gasteiger partial charge in [0.15, 0.2) is 0 Å². The van der Waals surface area contributed by atoms with E-state index in [1.807, 2.05) is 6.07 Å². The number of nitrogens with zero attached hydrogens (tertiary/aromatic N) is 2. The van der Waals surface area contributed by atoms with Gasteiger partial charge in [0, 0.05) is 17.7 Å². The van der Waals surface area contributed by atoms with Gasteiger partial charge < -0.3 is 5.32 Å². The topological polar surface area (TPSA) is 48.7 Å². The number of pyridine rings is 1. The summed E-state index contributed by atoms with van der Waals surface area (Å²) < 4.78 is 0. The molecule has 1 aromatic heterocycles. The van der Waals surface area contributed by atoms with Crippen LogP contribution >= 0.6 is 0 Å². The first-order valence-electron chi connectivity index (χ1n) is 9.38. The van der Waals surface area contributed by atoms with E-state index < -0.39 is 0 Å². The lowest BCUT2D eigenvalue weighted by Gasteiger charge is -2.56. The van der Waals surface area contributed by atoms with Crippen LogP contribution in [0.25, 0.3) is 0 Å². The zero-order valence-electron chi connectivity index (χ0n) is 14.1. The van der Waals surface area contributed by atoms with Crippen molar-refractivity contribution in [2.24, 2.45) is 17.8 Å². The molecule has 4 bridgehead atoms. The van der Waals surface area contributed by atoms with E-state index in [0.717, 1.165) is 43.0 Å². The van der Waals surface area contributed by atoms with Crippen molar-refractivity contribution in [3.8, 4) is 6.07 Å². The molecule has 122 valence electrons. The summed E-state index contributed by atoms with van der Waals surface area (Å²) in [6, 6.07) is 6.44. The van der Waals surface area contributed by atoms with Crippen LogP contribution in [0.15, 0.2) is 12.1 Å². The molecule has 0 unspecified atom stereocenters. The van der Waals surface area contributed by atoms with Crippen LogP contribution in [0.4, 0.5) is 5.82 Å². The zero-order chi connectivity index (χ0) is 15.9. The lowest BCUT2D eigenvalue weighted by atomic mass is 9.49. The van der Waals surface area contributed by atoms with Gasteiger partial charge in [0.1, 0.15) is 11.9 Å². The smallest absolute Gasteiger partial charge is 0.144 e. The van der Waals surface area contributed by atoms with Crippen molar-refractivity contribution in [1.82, 2.24) is 4.98 Å². The second-order valence-corrected chi connectivity index (χ2v) is 8.18. The van der Waals surface area contributed by atoms with Gasteiger partial charge in [-0.15, -0.1) is 0 Å². The number of aromatic nitrogens is 1. The third-order valence-corrected chi connectivity index (χ3v) is 6.42. The second kappa shape index (κ2) is 5.82. The SMILES string of the molecule is CCCCNc1nc(C23CC4CC(CC(C4)C2)C3)ccc1C#N. The van der Waals surface area contributed by atoms with E-state index >= 15 is 0 Å². The molecule has 0 atom stereocenters. The highest BCUT2D eigenvalue weighted by molar-refractivity contribution is 5.53. The largest absolute Gasteiger partial charge is 0.369 e. The predicted molar refractivity (Wildman–Crippen MR) is 92.2 cm³/mol. The number of nitrogens with one attached hydrogen (secondary N) is 1. The number of hydrogen-bond donors (Lipinski definition) is 1. The van der Waals surface area contributed by atoms with Gasteiger partial charge in [0.2, 0.25) is 0 Å². The first kappa shape index (κ1) is 15.0. The first-order chi connectivity index (χ1) is 11.2. The van der Waals surface area contributed by atoms with E-state index in [0.29, 0.717) is 11.0 Å². The highest BCUT2D eigenvalue weighted by atomic mass is 15.0. The fraction of sp³-hybridized carbons (Fsp3) is 0.700. The predicted octanol–water partition coefficient (Wildman–Crippen LogP) is 4.63. The van der Waals surface area contributed by atoms with Gasteiger partial charge >= 0.3 is 0 Å². The maximum absolute atomic E-state index is 9.37. The van der Waals surface area contributed by atoms with Crippen molar-refractivity contribution in [3.63, 3.8) is 0 Å². The molecule has 4 aliphatic carbocycles. The molecule has 1 aromatic rings. The maximum atomic E-state index is 9.37. The van der Waals surface area contributed by atoms with E-state index in [1.165, 1.54) is 44.2 Å². The Morgan fingerprint density at radius 1 is 1.17 bits per heavy atom. The average Bonchev–Trinajstić information content (AvgIpc) is 2.54. The number of rotatable bonds is 5. The van der Waals surface area contributed by atoms with Crippen LogP contribution in [0, 0.1) is 29.1 Å². The second-order valence-electron chi connectivity index (χ2n) is 8.18. The first-order valence-corrected chi connectivity index (χ1v) is 9.38. The minimum absolute atomic E-state index is 0.309. The number of anilines is 1. The Bertz CT molecular complexity index is 593. The standard InChI is InChI=1S/C20H27N3/c1-2-3-6-22-19-17(13-21)4-5-18(23-19)20-10-14-7-15(11-20)9-16(8-14)12-20/h4-5,14-16H,2-3,6-12H2,1H3,(H,22,23). The van der Waals surface area contributed by atoms with Crippen LogP contribution in [0.2, 0.25) is 0 Å². The molecule has 1 N–H and O–H groups in total. The van der Waals surface area contributed by atoms with Crippen LogP contribution < -0.4 is 5.32 Å². The van der Waals surface area contributed by atoms with Gasteiger partial charge in [-0.1, -0.05) is 13.3 Å². The maximum Gasteiger partial charge on any atom is 0.144 e. The summed E-state index contributed by atoms with van der Waals surface area (Å²) in [4.78, 5) is 4.97. The molecule has 4 fully saturated rings. The summed E-state index contributed by atoms with van der Waals surface area (Å²) in [7, 11) is 0. The van der Waals surface area contributed by atoms with E-state index in [9.17, 15) is 5.26 Å². The molecule has 0 radical (unpaired) electrons. The van der Waals surface area contributed by atoms with Crippen molar-refractivity contribution in [1.29, 1.82) is 5.26 Å².